The number of carbonyl (C=O) groups is 3. The summed E-state index contributed by atoms with van der Waals surface area (Å²) in [4.78, 5) is 34.3. The van der Waals surface area contributed by atoms with Crippen LogP contribution in [-0.2, 0) is 14.4 Å². The molecule has 0 aromatic heterocycles. The van der Waals surface area contributed by atoms with Gasteiger partial charge in [-0.2, -0.15) is 0 Å². The molecule has 3 amide bonds. The van der Waals surface area contributed by atoms with Gasteiger partial charge in [-0.1, -0.05) is 18.2 Å². The fourth-order valence-corrected chi connectivity index (χ4v) is 1.83. The zero-order valence-corrected chi connectivity index (χ0v) is 11.5. The zero-order valence-electron chi connectivity index (χ0n) is 10.7. The maximum absolute atomic E-state index is 11.8. The van der Waals surface area contributed by atoms with Crippen LogP contribution < -0.4 is 21.1 Å². The molecule has 1 fully saturated rings. The first-order valence-corrected chi connectivity index (χ1v) is 6.26. The van der Waals surface area contributed by atoms with Gasteiger partial charge in [0.05, 0.1) is 0 Å². The smallest absolute Gasteiger partial charge is 0.263 e. The van der Waals surface area contributed by atoms with E-state index in [2.05, 4.69) is 10.6 Å². The van der Waals surface area contributed by atoms with Gasteiger partial charge in [-0.05, 0) is 24.4 Å². The molecule has 1 aromatic rings. The van der Waals surface area contributed by atoms with Crippen molar-refractivity contribution < 1.29 is 19.1 Å². The number of thiocarbonyl (C=S) groups is 1. The molecule has 2 rings (SSSR count). The number of hydrogen-bond acceptors (Lipinski definition) is 5. The van der Waals surface area contributed by atoms with E-state index in [1.807, 2.05) is 0 Å². The van der Waals surface area contributed by atoms with E-state index >= 15 is 0 Å². The lowest BCUT2D eigenvalue weighted by Gasteiger charge is -2.16. The summed E-state index contributed by atoms with van der Waals surface area (Å²) in [6.45, 7) is -0.303. The van der Waals surface area contributed by atoms with Crippen molar-refractivity contribution in [1.82, 2.24) is 10.6 Å². The van der Waals surface area contributed by atoms with Crippen LogP contribution in [0, 0.1) is 0 Å². The van der Waals surface area contributed by atoms with Gasteiger partial charge in [0, 0.05) is 5.56 Å². The first-order valence-electron chi connectivity index (χ1n) is 5.86. The summed E-state index contributed by atoms with van der Waals surface area (Å²) in [5.41, 5.74) is 5.36. The summed E-state index contributed by atoms with van der Waals surface area (Å²) in [7, 11) is 0. The minimum atomic E-state index is -0.629. The number of para-hydroxylation sites is 1. The van der Waals surface area contributed by atoms with E-state index in [4.69, 9.17) is 22.7 Å². The highest BCUT2D eigenvalue weighted by Crippen LogP contribution is 2.21. The first-order chi connectivity index (χ1) is 9.97. The summed E-state index contributed by atoms with van der Waals surface area (Å²) in [5, 5.41) is 4.61. The molecule has 0 atom stereocenters. The molecule has 0 radical (unpaired) electrons. The van der Waals surface area contributed by atoms with Gasteiger partial charge in [0.25, 0.3) is 17.7 Å². The van der Waals surface area contributed by atoms with E-state index < -0.39 is 17.7 Å². The quantitative estimate of drug-likeness (QED) is 0.393. The van der Waals surface area contributed by atoms with Crippen molar-refractivity contribution in [2.75, 3.05) is 6.61 Å². The van der Waals surface area contributed by atoms with Crippen molar-refractivity contribution in [1.29, 1.82) is 0 Å². The Labute approximate surface area is 125 Å². The van der Waals surface area contributed by atoms with E-state index in [-0.39, 0.29) is 17.3 Å². The Hall–Kier alpha value is -2.74. The number of nitrogens with two attached hydrogens (primary N) is 1. The van der Waals surface area contributed by atoms with E-state index in [0.717, 1.165) is 0 Å². The summed E-state index contributed by atoms with van der Waals surface area (Å²) in [6, 6.07) is 6.62. The second-order valence-corrected chi connectivity index (χ2v) is 4.50. The number of primary amides is 1. The molecule has 7 nitrogen and oxygen atoms in total. The molecule has 8 heteroatoms. The molecule has 1 saturated heterocycles. The molecule has 1 heterocycles. The molecule has 21 heavy (non-hydrogen) atoms. The third kappa shape index (κ3) is 3.63. The fraction of sp³-hybridized carbons (Fsp3) is 0.0769. The average molecular weight is 305 g/mol. The summed E-state index contributed by atoms with van der Waals surface area (Å²) < 4.78 is 5.22. The molecular weight excluding hydrogens is 294 g/mol. The first kappa shape index (κ1) is 14.7. The maximum Gasteiger partial charge on any atom is 0.263 e. The number of carbonyl (C=O) groups excluding carboxylic acids is 3. The SMILES string of the molecule is NC(=O)COc1ccccc1C=C1C(=O)NC(=S)NC1=O. The van der Waals surface area contributed by atoms with Crippen molar-refractivity contribution in [3.63, 3.8) is 0 Å². The molecule has 0 bridgehead atoms. The molecule has 1 aliphatic rings. The van der Waals surface area contributed by atoms with Gasteiger partial charge in [0.1, 0.15) is 11.3 Å². The standard InChI is InChI=1S/C13H11N3O4S/c14-10(17)6-20-9-4-2-1-3-7(9)5-8-11(18)15-13(21)16-12(8)19/h1-5H,6H2,(H2,14,17)(H2,15,16,18,19,21). The second-order valence-electron chi connectivity index (χ2n) is 4.09. The topological polar surface area (TPSA) is 111 Å². The Morgan fingerprint density at radius 1 is 1.24 bits per heavy atom. The van der Waals surface area contributed by atoms with Crippen molar-refractivity contribution in [3.8, 4) is 5.75 Å². The van der Waals surface area contributed by atoms with Gasteiger partial charge in [-0.3, -0.25) is 25.0 Å². The molecular formula is C13H11N3O4S. The lowest BCUT2D eigenvalue weighted by atomic mass is 10.1. The lowest BCUT2D eigenvalue weighted by Crippen LogP contribution is -2.51. The molecule has 0 saturated carbocycles. The minimum absolute atomic E-state index is 0.0413. The van der Waals surface area contributed by atoms with Gasteiger partial charge in [-0.15, -0.1) is 0 Å². The van der Waals surface area contributed by atoms with E-state index in [9.17, 15) is 14.4 Å². The van der Waals surface area contributed by atoms with Crippen LogP contribution in [-0.4, -0.2) is 29.4 Å². The summed E-state index contributed by atoms with van der Waals surface area (Å²) in [6.07, 6.45) is 1.35. The second kappa shape index (κ2) is 6.14. The van der Waals surface area contributed by atoms with E-state index in [1.54, 1.807) is 24.3 Å². The van der Waals surface area contributed by atoms with Gasteiger partial charge in [0.15, 0.2) is 11.7 Å². The largest absolute Gasteiger partial charge is 0.483 e. The molecule has 0 unspecified atom stereocenters. The Morgan fingerprint density at radius 2 is 1.86 bits per heavy atom. The van der Waals surface area contributed by atoms with Gasteiger partial charge in [-0.25, -0.2) is 0 Å². The highest BCUT2D eigenvalue weighted by Gasteiger charge is 2.26. The van der Waals surface area contributed by atoms with Crippen molar-refractivity contribution >= 4 is 41.1 Å². The maximum atomic E-state index is 11.8. The number of hydrogen-bond donors (Lipinski definition) is 3. The fourth-order valence-electron chi connectivity index (χ4n) is 1.64. The molecule has 108 valence electrons. The Balaban J connectivity index is 2.31. The third-order valence-electron chi connectivity index (χ3n) is 2.53. The molecule has 0 spiro atoms. The van der Waals surface area contributed by atoms with E-state index in [0.29, 0.717) is 11.3 Å². The highest BCUT2D eigenvalue weighted by molar-refractivity contribution is 7.80. The normalized spacial score (nSPS) is 14.3. The van der Waals surface area contributed by atoms with Crippen molar-refractivity contribution in [3.05, 3.63) is 35.4 Å². The molecule has 0 aliphatic carbocycles. The van der Waals surface area contributed by atoms with Crippen LogP contribution >= 0.6 is 12.2 Å². The Morgan fingerprint density at radius 3 is 2.48 bits per heavy atom. The van der Waals surface area contributed by atoms with E-state index in [1.165, 1.54) is 6.08 Å². The number of rotatable bonds is 4. The van der Waals surface area contributed by atoms with Crippen LogP contribution in [0.4, 0.5) is 0 Å². The van der Waals surface area contributed by atoms with Gasteiger partial charge >= 0.3 is 0 Å². The number of nitrogens with one attached hydrogen (secondary N) is 2. The molecule has 1 aromatic carbocycles. The number of amides is 3. The minimum Gasteiger partial charge on any atom is -0.483 e. The third-order valence-corrected chi connectivity index (χ3v) is 2.74. The van der Waals surface area contributed by atoms with Gasteiger partial charge < -0.3 is 10.5 Å². The van der Waals surface area contributed by atoms with Gasteiger partial charge in [0.2, 0.25) is 0 Å². The van der Waals surface area contributed by atoms with Crippen LogP contribution in [0.5, 0.6) is 5.75 Å². The van der Waals surface area contributed by atoms with Crippen molar-refractivity contribution in [2.24, 2.45) is 5.73 Å². The molecule has 1 aliphatic heterocycles. The summed E-state index contributed by atoms with van der Waals surface area (Å²) in [5.74, 6) is -1.50. The average Bonchev–Trinajstić information content (AvgIpc) is 2.41. The number of ether oxygens (including phenoxy) is 1. The van der Waals surface area contributed by atoms with Crippen LogP contribution in [0.1, 0.15) is 5.56 Å². The van der Waals surface area contributed by atoms with Crippen LogP contribution in [0.3, 0.4) is 0 Å². The Kier molecular flexibility index (Phi) is 4.29. The summed E-state index contributed by atoms with van der Waals surface area (Å²) >= 11 is 4.71. The molecule has 4 N–H and O–H groups in total. The highest BCUT2D eigenvalue weighted by atomic mass is 32.1. The van der Waals surface area contributed by atoms with Crippen LogP contribution in [0.2, 0.25) is 0 Å². The Bertz CT molecular complexity index is 647. The lowest BCUT2D eigenvalue weighted by molar-refractivity contribution is -0.123. The number of benzene rings is 1. The van der Waals surface area contributed by atoms with Crippen LogP contribution in [0.15, 0.2) is 29.8 Å². The predicted molar refractivity (Wildman–Crippen MR) is 78.0 cm³/mol. The van der Waals surface area contributed by atoms with Crippen LogP contribution in [0.25, 0.3) is 6.08 Å². The van der Waals surface area contributed by atoms with Crippen molar-refractivity contribution in [2.45, 2.75) is 0 Å². The zero-order chi connectivity index (χ0) is 15.4. The monoisotopic (exact) mass is 305 g/mol. The predicted octanol–water partition coefficient (Wildman–Crippen LogP) is -0.535.